The van der Waals surface area contributed by atoms with Crippen LogP contribution in [0.4, 0.5) is 0 Å². The zero-order valence-electron chi connectivity index (χ0n) is 12.9. The number of carboxylic acids is 1. The van der Waals surface area contributed by atoms with Crippen molar-refractivity contribution >= 4 is 5.97 Å². The number of carbonyl (C=O) groups is 1. The minimum atomic E-state index is -0.575. The Hall–Kier alpha value is -0.570. The molecule has 0 amide bonds. The van der Waals surface area contributed by atoms with Crippen molar-refractivity contribution in [1.29, 1.82) is 0 Å². The molecule has 4 atom stereocenters. The number of unbranched alkanes of at least 4 members (excludes halogenated alkanes) is 6. The van der Waals surface area contributed by atoms with E-state index in [4.69, 9.17) is 0 Å². The summed E-state index contributed by atoms with van der Waals surface area (Å²) in [6.07, 6.45) is 12.7. The van der Waals surface area contributed by atoms with Gasteiger partial charge in [0.2, 0.25) is 0 Å². The average molecular weight is 281 g/mol. The van der Waals surface area contributed by atoms with E-state index in [1.165, 1.54) is 51.4 Å². The van der Waals surface area contributed by atoms with E-state index in [1.54, 1.807) is 0 Å². The first-order chi connectivity index (χ1) is 9.74. The lowest BCUT2D eigenvalue weighted by Gasteiger charge is -2.29. The molecule has 116 valence electrons. The van der Waals surface area contributed by atoms with Gasteiger partial charge in [0.25, 0.3) is 0 Å². The molecule has 0 aromatic heterocycles. The lowest BCUT2D eigenvalue weighted by atomic mass is 9.84. The van der Waals surface area contributed by atoms with Gasteiger partial charge in [0.05, 0.1) is 5.92 Å². The molecule has 20 heavy (non-hydrogen) atoms. The Morgan fingerprint density at radius 3 is 2.40 bits per heavy atom. The van der Waals surface area contributed by atoms with Crippen molar-refractivity contribution in [3.8, 4) is 0 Å². The molecule has 2 saturated carbocycles. The van der Waals surface area contributed by atoms with E-state index >= 15 is 0 Å². The fourth-order valence-electron chi connectivity index (χ4n) is 4.29. The van der Waals surface area contributed by atoms with Crippen LogP contribution in [-0.2, 0) is 4.79 Å². The van der Waals surface area contributed by atoms with Crippen molar-refractivity contribution < 1.29 is 9.90 Å². The van der Waals surface area contributed by atoms with Gasteiger partial charge in [-0.15, -0.1) is 0 Å². The molecule has 4 unspecified atom stereocenters. The van der Waals surface area contributed by atoms with Crippen LogP contribution in [0.3, 0.4) is 0 Å². The van der Waals surface area contributed by atoms with Gasteiger partial charge in [-0.05, 0) is 44.1 Å². The van der Waals surface area contributed by atoms with E-state index in [2.05, 4.69) is 12.2 Å². The predicted molar refractivity (Wildman–Crippen MR) is 81.7 cm³/mol. The van der Waals surface area contributed by atoms with Crippen molar-refractivity contribution in [2.75, 3.05) is 6.54 Å². The largest absolute Gasteiger partial charge is 0.481 e. The standard InChI is InChI=1S/C17H31NO2/c1-2-3-4-5-6-7-8-11-18-16-14-10-9-13(12-14)15(16)17(19)20/h13-16,18H,2-12H2,1H3,(H,19,20). The Labute approximate surface area is 123 Å². The molecular formula is C17H31NO2. The fraction of sp³-hybridized carbons (Fsp3) is 0.941. The Morgan fingerprint density at radius 1 is 1.05 bits per heavy atom. The molecule has 2 fully saturated rings. The summed E-state index contributed by atoms with van der Waals surface area (Å²) in [5, 5.41) is 13.0. The Kier molecular flexibility index (Phi) is 6.34. The van der Waals surface area contributed by atoms with Gasteiger partial charge in [0.15, 0.2) is 0 Å². The normalized spacial score (nSPS) is 31.9. The van der Waals surface area contributed by atoms with E-state index in [1.807, 2.05) is 0 Å². The number of aliphatic carboxylic acids is 1. The summed E-state index contributed by atoms with van der Waals surface area (Å²) in [4.78, 5) is 11.4. The van der Waals surface area contributed by atoms with E-state index in [0.717, 1.165) is 19.4 Å². The van der Waals surface area contributed by atoms with Crippen molar-refractivity contribution in [3.63, 3.8) is 0 Å². The Bertz CT molecular complexity index is 305. The van der Waals surface area contributed by atoms with E-state index in [0.29, 0.717) is 11.8 Å². The van der Waals surface area contributed by atoms with E-state index in [-0.39, 0.29) is 12.0 Å². The lowest BCUT2D eigenvalue weighted by Crippen LogP contribution is -2.44. The van der Waals surface area contributed by atoms with Crippen molar-refractivity contribution in [2.45, 2.75) is 77.2 Å². The Morgan fingerprint density at radius 2 is 1.70 bits per heavy atom. The first-order valence-electron chi connectivity index (χ1n) is 8.70. The van der Waals surface area contributed by atoms with Crippen LogP contribution < -0.4 is 5.32 Å². The second-order valence-electron chi connectivity index (χ2n) is 6.80. The van der Waals surface area contributed by atoms with Gasteiger partial charge in [0.1, 0.15) is 0 Å². The van der Waals surface area contributed by atoms with Crippen LogP contribution in [0.25, 0.3) is 0 Å². The zero-order chi connectivity index (χ0) is 14.4. The molecule has 0 aliphatic heterocycles. The Balaban J connectivity index is 1.58. The van der Waals surface area contributed by atoms with E-state index < -0.39 is 5.97 Å². The number of carboxylic acid groups (broad SMARTS) is 1. The summed E-state index contributed by atoms with van der Waals surface area (Å²) < 4.78 is 0. The van der Waals surface area contributed by atoms with E-state index in [9.17, 15) is 9.90 Å². The highest BCUT2D eigenvalue weighted by molar-refractivity contribution is 5.72. The first-order valence-corrected chi connectivity index (χ1v) is 8.70. The maximum atomic E-state index is 11.4. The minimum Gasteiger partial charge on any atom is -0.481 e. The summed E-state index contributed by atoms with van der Waals surface area (Å²) in [6.45, 7) is 3.25. The highest BCUT2D eigenvalue weighted by Gasteiger charge is 2.50. The molecule has 2 bridgehead atoms. The van der Waals surface area contributed by atoms with Crippen LogP contribution in [0.2, 0.25) is 0 Å². The molecule has 2 N–H and O–H groups in total. The van der Waals surface area contributed by atoms with Crippen molar-refractivity contribution in [3.05, 3.63) is 0 Å². The molecule has 0 aromatic rings. The minimum absolute atomic E-state index is 0.113. The SMILES string of the molecule is CCCCCCCCCNC1C2CCC(C2)C1C(=O)O. The topological polar surface area (TPSA) is 49.3 Å². The van der Waals surface area contributed by atoms with Gasteiger partial charge >= 0.3 is 5.97 Å². The zero-order valence-corrected chi connectivity index (χ0v) is 12.9. The monoisotopic (exact) mass is 281 g/mol. The first kappa shape index (κ1) is 15.8. The molecule has 0 saturated heterocycles. The lowest BCUT2D eigenvalue weighted by molar-refractivity contribution is -0.144. The highest BCUT2D eigenvalue weighted by atomic mass is 16.4. The van der Waals surface area contributed by atoms with Crippen LogP contribution in [0.1, 0.15) is 71.1 Å². The molecule has 0 spiro atoms. The van der Waals surface area contributed by atoms with Gasteiger partial charge in [-0.1, -0.05) is 45.4 Å². The summed E-state index contributed by atoms with van der Waals surface area (Å²) in [7, 11) is 0. The third kappa shape index (κ3) is 3.97. The quantitative estimate of drug-likeness (QED) is 0.598. The molecule has 0 heterocycles. The maximum Gasteiger partial charge on any atom is 0.308 e. The molecular weight excluding hydrogens is 250 g/mol. The van der Waals surface area contributed by atoms with Crippen molar-refractivity contribution in [1.82, 2.24) is 5.32 Å². The third-order valence-electron chi connectivity index (χ3n) is 5.36. The summed E-state index contributed by atoms with van der Waals surface area (Å²) in [6, 6.07) is 0.256. The number of hydrogen-bond donors (Lipinski definition) is 2. The van der Waals surface area contributed by atoms with Crippen LogP contribution in [0.5, 0.6) is 0 Å². The van der Waals surface area contributed by atoms with Gasteiger partial charge in [-0.3, -0.25) is 4.79 Å². The van der Waals surface area contributed by atoms with Crippen LogP contribution in [0.15, 0.2) is 0 Å². The van der Waals surface area contributed by atoms with Crippen LogP contribution in [-0.4, -0.2) is 23.7 Å². The maximum absolute atomic E-state index is 11.4. The highest BCUT2D eigenvalue weighted by Crippen LogP contribution is 2.48. The molecule has 2 rings (SSSR count). The molecule has 3 nitrogen and oxygen atoms in total. The molecule has 2 aliphatic rings. The fourth-order valence-corrected chi connectivity index (χ4v) is 4.29. The summed E-state index contributed by atoms with van der Waals surface area (Å²) in [5.41, 5.74) is 0. The third-order valence-corrected chi connectivity index (χ3v) is 5.36. The number of rotatable bonds is 10. The number of hydrogen-bond acceptors (Lipinski definition) is 2. The van der Waals surface area contributed by atoms with Crippen molar-refractivity contribution in [2.24, 2.45) is 17.8 Å². The van der Waals surface area contributed by atoms with Gasteiger partial charge in [0, 0.05) is 6.04 Å². The molecule has 2 aliphatic carbocycles. The molecule has 0 aromatic carbocycles. The second-order valence-corrected chi connectivity index (χ2v) is 6.80. The van der Waals surface area contributed by atoms with Gasteiger partial charge in [-0.2, -0.15) is 0 Å². The molecule has 0 radical (unpaired) electrons. The predicted octanol–water partition coefficient (Wildman–Crippen LogP) is 3.83. The van der Waals surface area contributed by atoms with Crippen LogP contribution in [0, 0.1) is 17.8 Å². The van der Waals surface area contributed by atoms with Crippen LogP contribution >= 0.6 is 0 Å². The second kappa shape index (κ2) is 8.02. The summed E-state index contributed by atoms with van der Waals surface area (Å²) >= 11 is 0. The molecule has 3 heteroatoms. The summed E-state index contributed by atoms with van der Waals surface area (Å²) in [5.74, 6) is 0.391. The number of fused-ring (bicyclic) bond motifs is 2. The smallest absolute Gasteiger partial charge is 0.308 e. The van der Waals surface area contributed by atoms with Gasteiger partial charge in [-0.25, -0.2) is 0 Å². The average Bonchev–Trinajstić information content (AvgIpc) is 3.02. The van der Waals surface area contributed by atoms with Gasteiger partial charge < -0.3 is 10.4 Å². The number of nitrogens with one attached hydrogen (secondary N) is 1.